The molecular weight excluding hydrogens is 1160 g/mol. The van der Waals surface area contributed by atoms with Crippen LogP contribution in [0.15, 0.2) is 0 Å². The van der Waals surface area contributed by atoms with Gasteiger partial charge in [-0.05, 0) is 43.4 Å². The lowest BCUT2D eigenvalue weighted by molar-refractivity contribution is -0.161. The standard InChI is InChI=1S/C69H134O17P2/c1-8-10-11-12-13-14-15-16-17-18-19-20-21-22-29-38-45-52-68(73)85-64(56-79-66(71)50-43-36-28-24-23-26-33-40-47-60(3)4)58-83-87(75,76)81-54-63(70)55-82-88(77,78)84-59-65(86-69(74)53-46-39-30-25-27-34-41-48-61(5)6)57-80-67(72)51-44-37-32-31-35-42-49-62(7)9-2/h60-65,70H,8-59H2,1-7H3,(H,75,76)(H,77,78)/t62?,63-,64-,65-/m1/s1. The fourth-order valence-electron chi connectivity index (χ4n) is 10.3. The minimum atomic E-state index is -4.95. The molecule has 0 aromatic heterocycles. The second-order valence-electron chi connectivity index (χ2n) is 26.1. The molecule has 0 aromatic rings. The summed E-state index contributed by atoms with van der Waals surface area (Å²) in [4.78, 5) is 72.4. The molecule has 0 rings (SSSR count). The Morgan fingerprint density at radius 3 is 0.864 bits per heavy atom. The van der Waals surface area contributed by atoms with Gasteiger partial charge in [0.25, 0.3) is 0 Å². The van der Waals surface area contributed by atoms with Crippen LogP contribution in [0, 0.1) is 17.8 Å². The van der Waals surface area contributed by atoms with Crippen LogP contribution in [0.1, 0.15) is 344 Å². The van der Waals surface area contributed by atoms with Crippen molar-refractivity contribution < 1.29 is 80.2 Å². The van der Waals surface area contributed by atoms with Crippen LogP contribution in [0.25, 0.3) is 0 Å². The van der Waals surface area contributed by atoms with Gasteiger partial charge in [0.1, 0.15) is 19.3 Å². The minimum Gasteiger partial charge on any atom is -0.462 e. The van der Waals surface area contributed by atoms with Crippen LogP contribution in [0.5, 0.6) is 0 Å². The van der Waals surface area contributed by atoms with E-state index in [2.05, 4.69) is 48.5 Å². The van der Waals surface area contributed by atoms with Gasteiger partial charge < -0.3 is 33.8 Å². The molecule has 0 aliphatic carbocycles. The van der Waals surface area contributed by atoms with Crippen molar-refractivity contribution in [2.75, 3.05) is 39.6 Å². The second-order valence-corrected chi connectivity index (χ2v) is 29.0. The van der Waals surface area contributed by atoms with E-state index in [1.54, 1.807) is 0 Å². The third-order valence-electron chi connectivity index (χ3n) is 16.2. The van der Waals surface area contributed by atoms with Crippen LogP contribution in [0.3, 0.4) is 0 Å². The molecule has 0 radical (unpaired) electrons. The lowest BCUT2D eigenvalue weighted by atomic mass is 10.00. The molecule has 3 unspecified atom stereocenters. The number of hydrogen-bond donors (Lipinski definition) is 3. The van der Waals surface area contributed by atoms with Gasteiger partial charge in [0.15, 0.2) is 12.2 Å². The number of unbranched alkanes of at least 4 members (excludes halogenated alkanes) is 34. The van der Waals surface area contributed by atoms with Gasteiger partial charge in [0.2, 0.25) is 0 Å². The first-order valence-corrected chi connectivity index (χ1v) is 38.9. The largest absolute Gasteiger partial charge is 0.472 e. The van der Waals surface area contributed by atoms with E-state index in [1.165, 1.54) is 148 Å². The number of rotatable bonds is 67. The topological polar surface area (TPSA) is 237 Å². The van der Waals surface area contributed by atoms with E-state index >= 15 is 0 Å². The van der Waals surface area contributed by atoms with Crippen LogP contribution < -0.4 is 0 Å². The third-order valence-corrected chi connectivity index (χ3v) is 18.1. The Bertz CT molecular complexity index is 1730. The van der Waals surface area contributed by atoms with Crippen LogP contribution in [-0.2, 0) is 65.4 Å². The van der Waals surface area contributed by atoms with Crippen LogP contribution in [0.2, 0.25) is 0 Å². The van der Waals surface area contributed by atoms with Gasteiger partial charge >= 0.3 is 39.5 Å². The quantitative estimate of drug-likeness (QED) is 0.0222. The van der Waals surface area contributed by atoms with Gasteiger partial charge in [-0.1, -0.05) is 292 Å². The maximum atomic E-state index is 13.0. The number of aliphatic hydroxyl groups excluding tert-OH is 1. The number of phosphoric acid groups is 2. The summed E-state index contributed by atoms with van der Waals surface area (Å²) >= 11 is 0. The zero-order valence-corrected chi connectivity index (χ0v) is 59.0. The molecule has 0 bridgehead atoms. The summed E-state index contributed by atoms with van der Waals surface area (Å²) in [6.45, 7) is 11.7. The van der Waals surface area contributed by atoms with Gasteiger partial charge in [0, 0.05) is 25.7 Å². The third kappa shape index (κ3) is 61.6. The van der Waals surface area contributed by atoms with Crippen molar-refractivity contribution in [2.24, 2.45) is 17.8 Å². The fourth-order valence-corrected chi connectivity index (χ4v) is 11.9. The van der Waals surface area contributed by atoms with Crippen molar-refractivity contribution >= 4 is 39.5 Å². The first kappa shape index (κ1) is 86.1. The molecule has 0 aliphatic rings. The van der Waals surface area contributed by atoms with E-state index in [4.69, 9.17) is 37.0 Å². The highest BCUT2D eigenvalue weighted by Crippen LogP contribution is 2.45. The fraction of sp³-hybridized carbons (Fsp3) is 0.942. The lowest BCUT2D eigenvalue weighted by Gasteiger charge is -2.21. The Morgan fingerprint density at radius 1 is 0.330 bits per heavy atom. The van der Waals surface area contributed by atoms with Crippen LogP contribution >= 0.6 is 15.6 Å². The molecule has 19 heteroatoms. The normalized spacial score (nSPS) is 14.5. The summed E-state index contributed by atoms with van der Waals surface area (Å²) in [6, 6.07) is 0. The molecule has 0 saturated carbocycles. The Hall–Kier alpha value is -1.94. The average molecular weight is 1300 g/mol. The van der Waals surface area contributed by atoms with E-state index < -0.39 is 97.5 Å². The Labute approximate surface area is 537 Å². The molecule has 0 heterocycles. The number of hydrogen-bond acceptors (Lipinski definition) is 15. The van der Waals surface area contributed by atoms with E-state index in [-0.39, 0.29) is 25.7 Å². The zero-order valence-electron chi connectivity index (χ0n) is 57.2. The van der Waals surface area contributed by atoms with Crippen molar-refractivity contribution in [3.63, 3.8) is 0 Å². The number of carbonyl (C=O) groups is 4. The number of esters is 4. The van der Waals surface area contributed by atoms with E-state index in [0.717, 1.165) is 108 Å². The Morgan fingerprint density at radius 2 is 0.580 bits per heavy atom. The first-order chi connectivity index (χ1) is 42.3. The minimum absolute atomic E-state index is 0.102. The molecule has 3 N–H and O–H groups in total. The first-order valence-electron chi connectivity index (χ1n) is 35.9. The number of aliphatic hydroxyl groups is 1. The maximum absolute atomic E-state index is 13.0. The molecule has 88 heavy (non-hydrogen) atoms. The average Bonchev–Trinajstić information content (AvgIpc) is 3.57. The predicted molar refractivity (Wildman–Crippen MR) is 354 cm³/mol. The van der Waals surface area contributed by atoms with Gasteiger partial charge in [-0.3, -0.25) is 37.3 Å². The van der Waals surface area contributed by atoms with E-state index in [0.29, 0.717) is 31.6 Å². The van der Waals surface area contributed by atoms with Gasteiger partial charge in [-0.15, -0.1) is 0 Å². The lowest BCUT2D eigenvalue weighted by Crippen LogP contribution is -2.30. The second kappa shape index (κ2) is 60.0. The maximum Gasteiger partial charge on any atom is 0.472 e. The van der Waals surface area contributed by atoms with Gasteiger partial charge in [0.05, 0.1) is 26.4 Å². The van der Waals surface area contributed by atoms with Gasteiger partial charge in [-0.2, -0.15) is 0 Å². The van der Waals surface area contributed by atoms with Crippen LogP contribution in [0.4, 0.5) is 0 Å². The summed E-state index contributed by atoms with van der Waals surface area (Å²) in [5.41, 5.74) is 0. The highest BCUT2D eigenvalue weighted by molar-refractivity contribution is 7.47. The van der Waals surface area contributed by atoms with Crippen molar-refractivity contribution in [1.29, 1.82) is 0 Å². The summed E-state index contributed by atoms with van der Waals surface area (Å²) in [5, 5.41) is 10.6. The summed E-state index contributed by atoms with van der Waals surface area (Å²) in [5.74, 6) is 0.0212. The summed E-state index contributed by atoms with van der Waals surface area (Å²) < 4.78 is 68.2. The molecule has 6 atom stereocenters. The molecule has 522 valence electrons. The molecule has 0 aromatic carbocycles. The highest BCUT2D eigenvalue weighted by Gasteiger charge is 2.30. The van der Waals surface area contributed by atoms with Crippen molar-refractivity contribution in [3.8, 4) is 0 Å². The number of phosphoric ester groups is 2. The molecule has 17 nitrogen and oxygen atoms in total. The van der Waals surface area contributed by atoms with Gasteiger partial charge in [-0.25, -0.2) is 9.13 Å². The van der Waals surface area contributed by atoms with E-state index in [1.807, 2.05) is 0 Å². The molecule has 0 saturated heterocycles. The Kier molecular flexibility index (Phi) is 58.7. The smallest absolute Gasteiger partial charge is 0.462 e. The summed E-state index contributed by atoms with van der Waals surface area (Å²) in [6.07, 6.45) is 43.3. The summed E-state index contributed by atoms with van der Waals surface area (Å²) in [7, 11) is -9.90. The monoisotopic (exact) mass is 1300 g/mol. The SMILES string of the molecule is CCCCCCCCCCCCCCCCCCCC(=O)O[C@H](COC(=O)CCCCCCCCCCC(C)C)COP(=O)(O)OC[C@@H](O)COP(=O)(O)OC[C@@H](COC(=O)CCCCCCCCC(C)CC)OC(=O)CCCCCCCCCC(C)C. The highest BCUT2D eigenvalue weighted by atomic mass is 31.2. The zero-order chi connectivity index (χ0) is 65.2. The molecule has 0 fully saturated rings. The van der Waals surface area contributed by atoms with Crippen molar-refractivity contribution in [3.05, 3.63) is 0 Å². The molecular formula is C69H134O17P2. The van der Waals surface area contributed by atoms with Crippen LogP contribution in [-0.4, -0.2) is 96.7 Å². The van der Waals surface area contributed by atoms with Crippen molar-refractivity contribution in [2.45, 2.75) is 362 Å². The predicted octanol–water partition coefficient (Wildman–Crippen LogP) is 19.5. The number of ether oxygens (including phenoxy) is 4. The number of carbonyl (C=O) groups excluding carboxylic acids is 4. The Balaban J connectivity index is 5.23. The molecule has 0 amide bonds. The molecule has 0 aliphatic heterocycles. The molecule has 0 spiro atoms. The van der Waals surface area contributed by atoms with E-state index in [9.17, 15) is 43.2 Å². The van der Waals surface area contributed by atoms with Crippen molar-refractivity contribution in [1.82, 2.24) is 0 Å².